The van der Waals surface area contributed by atoms with Gasteiger partial charge in [0.15, 0.2) is 0 Å². The van der Waals surface area contributed by atoms with E-state index in [-0.39, 0.29) is 0 Å². The van der Waals surface area contributed by atoms with Crippen LogP contribution < -0.4 is 5.73 Å². The van der Waals surface area contributed by atoms with E-state index in [1.807, 2.05) is 0 Å². The van der Waals surface area contributed by atoms with Crippen molar-refractivity contribution in [2.45, 2.75) is 32.2 Å². The summed E-state index contributed by atoms with van der Waals surface area (Å²) in [5.41, 5.74) is 5.91. The smallest absolute Gasteiger partial charge is 0.113 e. The summed E-state index contributed by atoms with van der Waals surface area (Å²) in [5.74, 6) is 0.525. The topological polar surface area (TPSA) is 42.1 Å². The number of thiazole rings is 1. The summed E-state index contributed by atoms with van der Waals surface area (Å²) in [4.78, 5) is 6.98. The minimum Gasteiger partial charge on any atom is -0.330 e. The summed E-state index contributed by atoms with van der Waals surface area (Å²) in [6, 6.07) is 0.381. The number of aromatic nitrogens is 1. The number of likely N-dealkylation sites (tertiary alicyclic amines) is 1. The van der Waals surface area contributed by atoms with Gasteiger partial charge in [-0.1, -0.05) is 18.5 Å². The van der Waals surface area contributed by atoms with E-state index in [2.05, 4.69) is 16.8 Å². The fourth-order valence-corrected chi connectivity index (χ4v) is 3.86. The largest absolute Gasteiger partial charge is 0.330 e. The molecule has 0 bridgehead atoms. The predicted octanol–water partition coefficient (Wildman–Crippen LogP) is 2.92. The van der Waals surface area contributed by atoms with Crippen LogP contribution in [0, 0.1) is 5.92 Å². The van der Waals surface area contributed by atoms with Crippen molar-refractivity contribution in [2.75, 3.05) is 19.6 Å². The third-order valence-electron chi connectivity index (χ3n) is 3.42. The van der Waals surface area contributed by atoms with Crippen LogP contribution in [0.3, 0.4) is 0 Å². The van der Waals surface area contributed by atoms with Crippen molar-refractivity contribution >= 4 is 22.9 Å². The van der Waals surface area contributed by atoms with Crippen molar-refractivity contribution in [3.63, 3.8) is 0 Å². The Morgan fingerprint density at radius 1 is 1.65 bits per heavy atom. The van der Waals surface area contributed by atoms with Crippen LogP contribution in [-0.4, -0.2) is 29.5 Å². The van der Waals surface area contributed by atoms with Gasteiger partial charge in [-0.2, -0.15) is 0 Å². The maximum Gasteiger partial charge on any atom is 0.113 e. The fraction of sp³-hybridized carbons (Fsp3) is 0.750. The third-order valence-corrected chi connectivity index (χ3v) is 4.61. The first kappa shape index (κ1) is 13.3. The Morgan fingerprint density at radius 3 is 3.06 bits per heavy atom. The fourth-order valence-electron chi connectivity index (χ4n) is 2.70. The predicted molar refractivity (Wildman–Crippen MR) is 73.5 cm³/mol. The van der Waals surface area contributed by atoms with Crippen molar-refractivity contribution in [1.29, 1.82) is 0 Å². The van der Waals surface area contributed by atoms with Gasteiger partial charge in [-0.05, 0) is 44.8 Å². The van der Waals surface area contributed by atoms with Crippen molar-refractivity contribution in [3.05, 3.63) is 15.5 Å². The lowest BCUT2D eigenvalue weighted by Crippen LogP contribution is -2.41. The first-order chi connectivity index (χ1) is 8.26. The van der Waals surface area contributed by atoms with Crippen LogP contribution in [0.5, 0.6) is 0 Å². The standard InChI is InChI=1S/C12H20ClN3S/c1-2-5-16-6-3-4-9(7-14)11(16)12-15-8-10(13)17-12/h8-9,11H,2-7,14H2,1H3. The molecule has 0 aromatic carbocycles. The zero-order valence-corrected chi connectivity index (χ0v) is 11.8. The molecule has 0 amide bonds. The highest BCUT2D eigenvalue weighted by molar-refractivity contribution is 7.15. The lowest BCUT2D eigenvalue weighted by Gasteiger charge is -2.39. The van der Waals surface area contributed by atoms with Gasteiger partial charge in [0, 0.05) is 0 Å². The molecular weight excluding hydrogens is 254 g/mol. The molecule has 96 valence electrons. The second-order valence-electron chi connectivity index (χ2n) is 4.62. The van der Waals surface area contributed by atoms with Crippen LogP contribution in [-0.2, 0) is 0 Å². The molecule has 0 spiro atoms. The highest BCUT2D eigenvalue weighted by Gasteiger charge is 2.33. The molecule has 1 aromatic rings. The molecule has 1 aromatic heterocycles. The van der Waals surface area contributed by atoms with Gasteiger partial charge in [-0.25, -0.2) is 4.98 Å². The normalized spacial score (nSPS) is 26.3. The molecule has 0 saturated carbocycles. The molecule has 1 aliphatic rings. The van der Waals surface area contributed by atoms with E-state index in [1.54, 1.807) is 17.5 Å². The Hall–Kier alpha value is -0.160. The van der Waals surface area contributed by atoms with Gasteiger partial charge in [-0.15, -0.1) is 11.3 Å². The lowest BCUT2D eigenvalue weighted by molar-refractivity contribution is 0.0958. The van der Waals surface area contributed by atoms with Gasteiger partial charge in [-0.3, -0.25) is 4.90 Å². The molecular formula is C12H20ClN3S. The maximum absolute atomic E-state index is 6.00. The van der Waals surface area contributed by atoms with E-state index < -0.39 is 0 Å². The molecule has 0 aliphatic carbocycles. The zero-order chi connectivity index (χ0) is 12.3. The van der Waals surface area contributed by atoms with Crippen molar-refractivity contribution in [3.8, 4) is 0 Å². The summed E-state index contributed by atoms with van der Waals surface area (Å²) >= 11 is 7.60. The minimum absolute atomic E-state index is 0.381. The number of nitrogens with zero attached hydrogens (tertiary/aromatic N) is 2. The van der Waals surface area contributed by atoms with E-state index in [1.165, 1.54) is 19.3 Å². The quantitative estimate of drug-likeness (QED) is 0.917. The molecule has 2 heterocycles. The van der Waals surface area contributed by atoms with E-state index in [9.17, 15) is 0 Å². The van der Waals surface area contributed by atoms with Gasteiger partial charge in [0.25, 0.3) is 0 Å². The summed E-state index contributed by atoms with van der Waals surface area (Å²) in [6.07, 6.45) is 5.39. The van der Waals surface area contributed by atoms with Gasteiger partial charge in [0.2, 0.25) is 0 Å². The second kappa shape index (κ2) is 6.14. The summed E-state index contributed by atoms with van der Waals surface area (Å²) in [6.45, 7) is 5.24. The van der Waals surface area contributed by atoms with Crippen LogP contribution in [0.25, 0.3) is 0 Å². The van der Waals surface area contributed by atoms with Crippen molar-refractivity contribution < 1.29 is 0 Å². The van der Waals surface area contributed by atoms with E-state index in [4.69, 9.17) is 17.3 Å². The van der Waals surface area contributed by atoms with Crippen molar-refractivity contribution in [2.24, 2.45) is 11.7 Å². The summed E-state index contributed by atoms with van der Waals surface area (Å²) in [7, 11) is 0. The molecule has 1 aliphatic heterocycles. The number of halogens is 1. The monoisotopic (exact) mass is 273 g/mol. The number of hydrogen-bond donors (Lipinski definition) is 1. The maximum atomic E-state index is 6.00. The molecule has 1 saturated heterocycles. The molecule has 0 radical (unpaired) electrons. The molecule has 2 rings (SSSR count). The zero-order valence-electron chi connectivity index (χ0n) is 10.2. The molecule has 1 fully saturated rings. The molecule has 3 nitrogen and oxygen atoms in total. The lowest BCUT2D eigenvalue weighted by atomic mass is 9.89. The molecule has 2 unspecified atom stereocenters. The van der Waals surface area contributed by atoms with Crippen molar-refractivity contribution in [1.82, 2.24) is 9.88 Å². The Balaban J connectivity index is 2.21. The van der Waals surface area contributed by atoms with Crippen LogP contribution in [0.1, 0.15) is 37.2 Å². The highest BCUT2D eigenvalue weighted by atomic mass is 35.5. The number of piperidine rings is 1. The van der Waals surface area contributed by atoms with Crippen LogP contribution >= 0.6 is 22.9 Å². The number of nitrogens with two attached hydrogens (primary N) is 1. The van der Waals surface area contributed by atoms with Crippen LogP contribution in [0.2, 0.25) is 4.34 Å². The SMILES string of the molecule is CCCN1CCCC(CN)C1c1ncc(Cl)s1. The Morgan fingerprint density at radius 2 is 2.47 bits per heavy atom. The van der Waals surface area contributed by atoms with Crippen LogP contribution in [0.4, 0.5) is 0 Å². The van der Waals surface area contributed by atoms with Crippen LogP contribution in [0.15, 0.2) is 6.20 Å². The van der Waals surface area contributed by atoms with E-state index >= 15 is 0 Å². The van der Waals surface area contributed by atoms with Gasteiger partial charge in [0.1, 0.15) is 9.34 Å². The molecule has 5 heteroatoms. The van der Waals surface area contributed by atoms with E-state index in [0.717, 1.165) is 29.0 Å². The molecule has 2 N–H and O–H groups in total. The Bertz CT molecular complexity index is 353. The van der Waals surface area contributed by atoms with Gasteiger partial charge < -0.3 is 5.73 Å². The molecule has 17 heavy (non-hydrogen) atoms. The summed E-state index contributed by atoms with van der Waals surface area (Å²) in [5, 5.41) is 1.14. The van der Waals surface area contributed by atoms with Gasteiger partial charge in [0.05, 0.1) is 12.2 Å². The molecule has 2 atom stereocenters. The highest BCUT2D eigenvalue weighted by Crippen LogP contribution is 2.38. The second-order valence-corrected chi connectivity index (χ2v) is 6.31. The average molecular weight is 274 g/mol. The number of rotatable bonds is 4. The van der Waals surface area contributed by atoms with E-state index in [0.29, 0.717) is 12.0 Å². The Kier molecular flexibility index (Phi) is 4.79. The summed E-state index contributed by atoms with van der Waals surface area (Å²) < 4.78 is 0.776. The first-order valence-corrected chi connectivity index (χ1v) is 7.51. The average Bonchev–Trinajstić information content (AvgIpc) is 2.75. The van der Waals surface area contributed by atoms with Gasteiger partial charge >= 0.3 is 0 Å². The minimum atomic E-state index is 0.381. The third kappa shape index (κ3) is 2.99. The first-order valence-electron chi connectivity index (χ1n) is 6.31. The Labute approximate surface area is 112 Å². The number of hydrogen-bond acceptors (Lipinski definition) is 4.